The zero-order valence-corrected chi connectivity index (χ0v) is 10.1. The monoisotopic (exact) mass is 246 g/mol. The summed E-state index contributed by atoms with van der Waals surface area (Å²) in [6.07, 6.45) is 3.15. The molecule has 0 amide bonds. The third kappa shape index (κ3) is 3.18. The van der Waals surface area contributed by atoms with Gasteiger partial charge in [-0.2, -0.15) is 0 Å². The molecule has 0 radical (unpaired) electrons. The summed E-state index contributed by atoms with van der Waals surface area (Å²) in [6.45, 7) is 1.26. The third-order valence-corrected chi connectivity index (χ3v) is 2.43. The Morgan fingerprint density at radius 1 is 1.39 bits per heavy atom. The highest BCUT2D eigenvalue weighted by Gasteiger charge is 2.05. The van der Waals surface area contributed by atoms with Crippen LogP contribution in [-0.2, 0) is 17.8 Å². The maximum Gasteiger partial charge on any atom is 0.339 e. The van der Waals surface area contributed by atoms with Gasteiger partial charge in [0.25, 0.3) is 0 Å². The van der Waals surface area contributed by atoms with Crippen molar-refractivity contribution < 1.29 is 13.9 Å². The van der Waals surface area contributed by atoms with Gasteiger partial charge < -0.3 is 14.5 Å². The van der Waals surface area contributed by atoms with Gasteiger partial charge in [0.15, 0.2) is 0 Å². The van der Waals surface area contributed by atoms with E-state index in [-0.39, 0.29) is 5.97 Å². The summed E-state index contributed by atoms with van der Waals surface area (Å²) in [5.74, 6) is 0.499. The highest BCUT2D eigenvalue weighted by atomic mass is 16.5. The molecule has 0 fully saturated rings. The molecule has 2 aromatic rings. The van der Waals surface area contributed by atoms with Crippen LogP contribution in [0, 0.1) is 0 Å². The Bertz CT molecular complexity index is 491. The second kappa shape index (κ2) is 5.97. The van der Waals surface area contributed by atoms with Crippen molar-refractivity contribution in [1.82, 2.24) is 10.3 Å². The van der Waals surface area contributed by atoms with Crippen LogP contribution in [0.1, 0.15) is 21.8 Å². The minimum atomic E-state index is -0.377. The third-order valence-electron chi connectivity index (χ3n) is 2.43. The van der Waals surface area contributed by atoms with Crippen molar-refractivity contribution in [1.29, 1.82) is 0 Å². The lowest BCUT2D eigenvalue weighted by Crippen LogP contribution is -2.13. The molecule has 2 aromatic heterocycles. The molecule has 2 rings (SSSR count). The molecule has 1 N–H and O–H groups in total. The number of hydrogen-bond acceptors (Lipinski definition) is 5. The molecule has 18 heavy (non-hydrogen) atoms. The van der Waals surface area contributed by atoms with Crippen molar-refractivity contribution >= 4 is 5.97 Å². The van der Waals surface area contributed by atoms with Gasteiger partial charge in [0.2, 0.25) is 0 Å². The second-order valence-electron chi connectivity index (χ2n) is 3.71. The number of aromatic nitrogens is 1. The number of ether oxygens (including phenoxy) is 1. The second-order valence-corrected chi connectivity index (χ2v) is 3.71. The fraction of sp³-hybridized carbons (Fsp3) is 0.231. The average molecular weight is 246 g/mol. The molecule has 0 spiro atoms. The number of methoxy groups -OCH3 is 1. The molecule has 0 unspecified atom stereocenters. The van der Waals surface area contributed by atoms with Gasteiger partial charge in [-0.25, -0.2) is 4.79 Å². The van der Waals surface area contributed by atoms with E-state index in [0.29, 0.717) is 18.7 Å². The molecule has 0 bridgehead atoms. The molecule has 0 aliphatic carbocycles. The molecule has 0 atom stereocenters. The number of nitrogens with one attached hydrogen (secondary N) is 1. The Balaban J connectivity index is 1.85. The van der Waals surface area contributed by atoms with Crippen LogP contribution in [0.5, 0.6) is 0 Å². The molecule has 5 heteroatoms. The van der Waals surface area contributed by atoms with Crippen LogP contribution >= 0.6 is 0 Å². The molecule has 0 saturated carbocycles. The first-order chi connectivity index (χ1) is 8.79. The lowest BCUT2D eigenvalue weighted by Gasteiger charge is -2.03. The molecule has 0 aliphatic rings. The van der Waals surface area contributed by atoms with Crippen LogP contribution in [0.25, 0.3) is 0 Å². The summed E-state index contributed by atoms with van der Waals surface area (Å²) < 4.78 is 9.79. The number of furan rings is 1. The van der Waals surface area contributed by atoms with E-state index in [1.165, 1.54) is 13.3 Å². The van der Waals surface area contributed by atoms with Crippen LogP contribution in [0.4, 0.5) is 0 Å². The molecule has 94 valence electrons. The van der Waals surface area contributed by atoms with Crippen molar-refractivity contribution in [3.63, 3.8) is 0 Å². The molecular weight excluding hydrogens is 232 g/mol. The average Bonchev–Trinajstić information content (AvgIpc) is 2.92. The van der Waals surface area contributed by atoms with Crippen LogP contribution in [0.2, 0.25) is 0 Å². The standard InChI is InChI=1S/C13H14N2O3/c1-17-13(16)10-4-5-11(15-7-10)8-14-9-12-3-2-6-18-12/h2-7,14H,8-9H2,1H3. The quantitative estimate of drug-likeness (QED) is 0.814. The van der Waals surface area contributed by atoms with E-state index in [4.69, 9.17) is 4.42 Å². The Labute approximate surface area is 105 Å². The molecular formula is C13H14N2O3. The summed E-state index contributed by atoms with van der Waals surface area (Å²) in [5, 5.41) is 3.19. The Hall–Kier alpha value is -2.14. The normalized spacial score (nSPS) is 10.3. The predicted octanol–water partition coefficient (Wildman–Crippen LogP) is 1.75. The number of carbonyl (C=O) groups is 1. The summed E-state index contributed by atoms with van der Waals surface area (Å²) in [6, 6.07) is 7.24. The number of esters is 1. The van der Waals surface area contributed by atoms with Crippen LogP contribution in [0.3, 0.4) is 0 Å². The van der Waals surface area contributed by atoms with Gasteiger partial charge in [0.05, 0.1) is 31.2 Å². The summed E-state index contributed by atoms with van der Waals surface area (Å²) >= 11 is 0. The Kier molecular flexibility index (Phi) is 4.09. The zero-order chi connectivity index (χ0) is 12.8. The minimum absolute atomic E-state index is 0.377. The van der Waals surface area contributed by atoms with E-state index in [1.807, 2.05) is 12.1 Å². The first-order valence-corrected chi connectivity index (χ1v) is 5.56. The fourth-order valence-corrected chi connectivity index (χ4v) is 1.49. The maximum atomic E-state index is 11.2. The molecule has 0 aromatic carbocycles. The van der Waals surface area contributed by atoms with E-state index < -0.39 is 0 Å². The van der Waals surface area contributed by atoms with Gasteiger partial charge in [0, 0.05) is 12.7 Å². The Morgan fingerprint density at radius 2 is 2.28 bits per heavy atom. The first-order valence-electron chi connectivity index (χ1n) is 5.56. The highest BCUT2D eigenvalue weighted by molar-refractivity contribution is 5.88. The van der Waals surface area contributed by atoms with Crippen molar-refractivity contribution in [3.05, 3.63) is 53.7 Å². The largest absolute Gasteiger partial charge is 0.468 e. The van der Waals surface area contributed by atoms with Gasteiger partial charge in [-0.1, -0.05) is 0 Å². The van der Waals surface area contributed by atoms with Gasteiger partial charge in [-0.15, -0.1) is 0 Å². The van der Waals surface area contributed by atoms with Crippen molar-refractivity contribution in [2.24, 2.45) is 0 Å². The zero-order valence-electron chi connectivity index (χ0n) is 10.1. The summed E-state index contributed by atoms with van der Waals surface area (Å²) in [7, 11) is 1.35. The predicted molar refractivity (Wildman–Crippen MR) is 64.8 cm³/mol. The summed E-state index contributed by atoms with van der Waals surface area (Å²) in [4.78, 5) is 15.4. The van der Waals surface area contributed by atoms with Crippen molar-refractivity contribution in [2.45, 2.75) is 13.1 Å². The van der Waals surface area contributed by atoms with Crippen LogP contribution < -0.4 is 5.32 Å². The van der Waals surface area contributed by atoms with Crippen LogP contribution in [-0.4, -0.2) is 18.1 Å². The van der Waals surface area contributed by atoms with E-state index >= 15 is 0 Å². The van der Waals surface area contributed by atoms with Gasteiger partial charge in [-0.05, 0) is 24.3 Å². The van der Waals surface area contributed by atoms with Gasteiger partial charge in [-0.3, -0.25) is 4.98 Å². The van der Waals surface area contributed by atoms with Gasteiger partial charge >= 0.3 is 5.97 Å². The lowest BCUT2D eigenvalue weighted by atomic mass is 10.2. The Morgan fingerprint density at radius 3 is 2.89 bits per heavy atom. The topological polar surface area (TPSA) is 64.4 Å². The number of carbonyl (C=O) groups excluding carboxylic acids is 1. The number of hydrogen-bond donors (Lipinski definition) is 1. The van der Waals surface area contributed by atoms with E-state index in [0.717, 1.165) is 11.5 Å². The number of pyridine rings is 1. The van der Waals surface area contributed by atoms with E-state index in [2.05, 4.69) is 15.0 Å². The lowest BCUT2D eigenvalue weighted by molar-refractivity contribution is 0.0600. The molecule has 2 heterocycles. The highest BCUT2D eigenvalue weighted by Crippen LogP contribution is 2.03. The SMILES string of the molecule is COC(=O)c1ccc(CNCc2ccco2)nc1. The molecule has 0 aliphatic heterocycles. The van der Waals surface area contributed by atoms with Crippen LogP contribution in [0.15, 0.2) is 41.1 Å². The minimum Gasteiger partial charge on any atom is -0.468 e. The van der Waals surface area contributed by atoms with E-state index in [1.54, 1.807) is 18.4 Å². The smallest absolute Gasteiger partial charge is 0.339 e. The molecule has 0 saturated heterocycles. The summed E-state index contributed by atoms with van der Waals surface area (Å²) in [5.41, 5.74) is 1.31. The van der Waals surface area contributed by atoms with E-state index in [9.17, 15) is 4.79 Å². The number of nitrogens with zero attached hydrogens (tertiary/aromatic N) is 1. The first kappa shape index (κ1) is 12.3. The van der Waals surface area contributed by atoms with Crippen molar-refractivity contribution in [3.8, 4) is 0 Å². The molecule has 5 nitrogen and oxygen atoms in total. The number of rotatable bonds is 5. The van der Waals surface area contributed by atoms with Gasteiger partial charge in [0.1, 0.15) is 5.76 Å². The van der Waals surface area contributed by atoms with Crippen molar-refractivity contribution in [2.75, 3.05) is 7.11 Å². The maximum absolute atomic E-state index is 11.2. The fourth-order valence-electron chi connectivity index (χ4n) is 1.49.